The van der Waals surface area contributed by atoms with E-state index in [0.29, 0.717) is 32.1 Å². The first-order chi connectivity index (χ1) is 12.4. The average molecular weight is 363 g/mol. The van der Waals surface area contributed by atoms with E-state index in [1.165, 1.54) is 19.2 Å². The minimum Gasteiger partial charge on any atom is -0.441 e. The maximum Gasteiger partial charge on any atom is 0.223 e. The molecule has 138 valence electrons. The fourth-order valence-electron chi connectivity index (χ4n) is 2.88. The maximum atomic E-state index is 13.8. The predicted molar refractivity (Wildman–Crippen MR) is 89.0 cm³/mol. The van der Waals surface area contributed by atoms with Crippen LogP contribution in [0.3, 0.4) is 0 Å². The van der Waals surface area contributed by atoms with Crippen LogP contribution < -0.4 is 0 Å². The molecule has 1 saturated heterocycles. The minimum absolute atomic E-state index is 0.0115. The molecule has 6 nitrogen and oxygen atoms in total. The fraction of sp³-hybridized carbons (Fsp3) is 0.389. The highest BCUT2D eigenvalue weighted by Gasteiger charge is 2.22. The van der Waals surface area contributed by atoms with Crippen LogP contribution in [0.1, 0.15) is 19.2 Å². The summed E-state index contributed by atoms with van der Waals surface area (Å²) < 4.78 is 32.2. The number of oxazole rings is 1. The van der Waals surface area contributed by atoms with Gasteiger partial charge in [0.15, 0.2) is 11.7 Å². The van der Waals surface area contributed by atoms with Gasteiger partial charge >= 0.3 is 0 Å². The second-order valence-electron chi connectivity index (χ2n) is 6.13. The first-order valence-corrected chi connectivity index (χ1v) is 8.37. The molecule has 3 rings (SSSR count). The lowest BCUT2D eigenvalue weighted by Gasteiger charge is -2.34. The van der Waals surface area contributed by atoms with Crippen LogP contribution in [-0.4, -0.2) is 52.8 Å². The van der Waals surface area contributed by atoms with Crippen LogP contribution in [0.5, 0.6) is 0 Å². The van der Waals surface area contributed by atoms with Gasteiger partial charge in [0.2, 0.25) is 11.8 Å². The van der Waals surface area contributed by atoms with Crippen molar-refractivity contribution < 1.29 is 22.8 Å². The van der Waals surface area contributed by atoms with E-state index in [-0.39, 0.29) is 36.0 Å². The van der Waals surface area contributed by atoms with E-state index in [0.717, 1.165) is 12.1 Å². The van der Waals surface area contributed by atoms with E-state index in [1.54, 1.807) is 9.80 Å². The van der Waals surface area contributed by atoms with Crippen LogP contribution in [0, 0.1) is 11.6 Å². The number of piperazine rings is 1. The molecule has 0 bridgehead atoms. The molecule has 1 aromatic carbocycles. The molecule has 0 N–H and O–H groups in total. The second kappa shape index (κ2) is 7.63. The highest BCUT2D eigenvalue weighted by atomic mass is 19.1. The Morgan fingerprint density at radius 3 is 2.50 bits per heavy atom. The Morgan fingerprint density at radius 1 is 1.15 bits per heavy atom. The third kappa shape index (κ3) is 4.07. The number of nitrogens with zero attached hydrogens (tertiary/aromatic N) is 3. The normalized spacial score (nSPS) is 14.6. The van der Waals surface area contributed by atoms with Gasteiger partial charge in [-0.05, 0) is 12.1 Å². The van der Waals surface area contributed by atoms with Crippen LogP contribution in [0.25, 0.3) is 11.3 Å². The molecule has 26 heavy (non-hydrogen) atoms. The van der Waals surface area contributed by atoms with Gasteiger partial charge in [-0.1, -0.05) is 0 Å². The van der Waals surface area contributed by atoms with Gasteiger partial charge in [0.25, 0.3) is 0 Å². The maximum absolute atomic E-state index is 13.8. The largest absolute Gasteiger partial charge is 0.441 e. The number of hydrogen-bond acceptors (Lipinski definition) is 4. The first kappa shape index (κ1) is 18.0. The summed E-state index contributed by atoms with van der Waals surface area (Å²) in [4.78, 5) is 31.0. The second-order valence-corrected chi connectivity index (χ2v) is 6.13. The van der Waals surface area contributed by atoms with Crippen molar-refractivity contribution >= 4 is 11.8 Å². The van der Waals surface area contributed by atoms with Gasteiger partial charge in [0, 0.05) is 52.0 Å². The Kier molecular flexibility index (Phi) is 5.29. The van der Waals surface area contributed by atoms with Gasteiger partial charge in [0.05, 0.1) is 11.8 Å². The van der Waals surface area contributed by atoms with Crippen molar-refractivity contribution in [3.05, 3.63) is 41.9 Å². The number of rotatable bonds is 4. The Hall–Kier alpha value is -2.77. The molecule has 1 aromatic heterocycles. The number of halogens is 2. The number of carbonyl (C=O) groups excluding carboxylic acids is 2. The fourth-order valence-corrected chi connectivity index (χ4v) is 2.88. The monoisotopic (exact) mass is 363 g/mol. The van der Waals surface area contributed by atoms with Crippen LogP contribution in [0.4, 0.5) is 8.78 Å². The molecular formula is C18H19F2N3O3. The van der Waals surface area contributed by atoms with Crippen molar-refractivity contribution in [1.82, 2.24) is 14.8 Å². The highest BCUT2D eigenvalue weighted by Crippen LogP contribution is 2.24. The summed E-state index contributed by atoms with van der Waals surface area (Å²) in [6.07, 6.45) is 1.86. The smallest absolute Gasteiger partial charge is 0.223 e. The number of hydrogen-bond donors (Lipinski definition) is 0. The minimum atomic E-state index is -0.730. The molecule has 0 unspecified atom stereocenters. The van der Waals surface area contributed by atoms with Crippen molar-refractivity contribution in [3.8, 4) is 11.3 Å². The van der Waals surface area contributed by atoms with Gasteiger partial charge in [0.1, 0.15) is 11.6 Å². The number of aromatic nitrogens is 1. The van der Waals surface area contributed by atoms with Crippen LogP contribution in [0.2, 0.25) is 0 Å². The van der Waals surface area contributed by atoms with Gasteiger partial charge < -0.3 is 14.2 Å². The lowest BCUT2D eigenvalue weighted by molar-refractivity contribution is -0.138. The Bertz CT molecular complexity index is 814. The summed E-state index contributed by atoms with van der Waals surface area (Å²) in [5.41, 5.74) is 0.122. The Labute approximate surface area is 149 Å². The third-order valence-corrected chi connectivity index (χ3v) is 4.38. The molecule has 0 atom stereocenters. The van der Waals surface area contributed by atoms with E-state index < -0.39 is 11.6 Å². The van der Waals surface area contributed by atoms with Crippen LogP contribution in [-0.2, 0) is 16.0 Å². The summed E-state index contributed by atoms with van der Waals surface area (Å²) in [5, 5.41) is 0. The quantitative estimate of drug-likeness (QED) is 0.836. The SMILES string of the molecule is CC(=O)N1CCN(C(=O)CCc2ncc(-c3ccc(F)cc3F)o2)CC1. The first-order valence-electron chi connectivity index (χ1n) is 8.37. The number of amides is 2. The molecule has 2 aromatic rings. The lowest BCUT2D eigenvalue weighted by Crippen LogP contribution is -2.50. The van der Waals surface area contributed by atoms with Crippen molar-refractivity contribution in [1.29, 1.82) is 0 Å². The Morgan fingerprint density at radius 2 is 1.85 bits per heavy atom. The van der Waals surface area contributed by atoms with Gasteiger partial charge in [-0.25, -0.2) is 13.8 Å². The van der Waals surface area contributed by atoms with Gasteiger partial charge in [-0.2, -0.15) is 0 Å². The molecule has 0 spiro atoms. The molecule has 2 heterocycles. The molecule has 2 amide bonds. The van der Waals surface area contributed by atoms with Crippen LogP contribution >= 0.6 is 0 Å². The third-order valence-electron chi connectivity index (χ3n) is 4.38. The molecule has 8 heteroatoms. The summed E-state index contributed by atoms with van der Waals surface area (Å²) in [5.74, 6) is -0.911. The topological polar surface area (TPSA) is 66.7 Å². The number of carbonyl (C=O) groups is 2. The standard InChI is InChI=1S/C18H19F2N3O3/c1-12(24)22-6-8-23(9-7-22)18(25)5-4-17-21-11-16(26-17)14-3-2-13(19)10-15(14)20/h2-3,10-11H,4-9H2,1H3. The molecule has 1 aliphatic rings. The average Bonchev–Trinajstić information content (AvgIpc) is 3.08. The van der Waals surface area contributed by atoms with E-state index >= 15 is 0 Å². The molecule has 0 radical (unpaired) electrons. The van der Waals surface area contributed by atoms with E-state index in [9.17, 15) is 18.4 Å². The van der Waals surface area contributed by atoms with Gasteiger partial charge in [-0.15, -0.1) is 0 Å². The summed E-state index contributed by atoms with van der Waals surface area (Å²) in [6, 6.07) is 3.21. The van der Waals surface area contributed by atoms with Crippen molar-refractivity contribution in [2.45, 2.75) is 19.8 Å². The summed E-state index contributed by atoms with van der Waals surface area (Å²) >= 11 is 0. The highest BCUT2D eigenvalue weighted by molar-refractivity contribution is 5.77. The molecule has 0 saturated carbocycles. The van der Waals surface area contributed by atoms with Crippen molar-refractivity contribution in [2.75, 3.05) is 26.2 Å². The van der Waals surface area contributed by atoms with Crippen molar-refractivity contribution in [3.63, 3.8) is 0 Å². The summed E-state index contributed by atoms with van der Waals surface area (Å²) in [6.45, 7) is 3.61. The molecular weight excluding hydrogens is 344 g/mol. The van der Waals surface area contributed by atoms with Crippen LogP contribution in [0.15, 0.2) is 28.8 Å². The van der Waals surface area contributed by atoms with E-state index in [1.807, 2.05) is 0 Å². The lowest BCUT2D eigenvalue weighted by atomic mass is 10.2. The zero-order chi connectivity index (χ0) is 18.7. The zero-order valence-corrected chi connectivity index (χ0v) is 14.4. The number of benzene rings is 1. The molecule has 1 fully saturated rings. The number of aryl methyl sites for hydroxylation is 1. The van der Waals surface area contributed by atoms with E-state index in [4.69, 9.17) is 4.42 Å². The Balaban J connectivity index is 1.55. The molecule has 0 aliphatic carbocycles. The van der Waals surface area contributed by atoms with Gasteiger partial charge in [-0.3, -0.25) is 9.59 Å². The predicted octanol–water partition coefficient (Wildman–Crippen LogP) is 2.24. The molecule has 1 aliphatic heterocycles. The van der Waals surface area contributed by atoms with E-state index in [2.05, 4.69) is 4.98 Å². The zero-order valence-electron chi connectivity index (χ0n) is 14.4. The summed E-state index contributed by atoms with van der Waals surface area (Å²) in [7, 11) is 0. The van der Waals surface area contributed by atoms with Crippen molar-refractivity contribution in [2.24, 2.45) is 0 Å².